The fourth-order valence-electron chi connectivity index (χ4n) is 2.63. The molecular weight excluding hydrogens is 332 g/mol. The van der Waals surface area contributed by atoms with E-state index in [-0.39, 0.29) is 24.4 Å². The topological polar surface area (TPSA) is 93.1 Å². The minimum Gasteiger partial charge on any atom is -0.296 e. The van der Waals surface area contributed by atoms with Crippen LogP contribution in [0.15, 0.2) is 59.4 Å². The van der Waals surface area contributed by atoms with Crippen LogP contribution in [-0.4, -0.2) is 21.4 Å². The molecule has 0 saturated carbocycles. The summed E-state index contributed by atoms with van der Waals surface area (Å²) < 4.78 is 1.34. The van der Waals surface area contributed by atoms with Crippen molar-refractivity contribution in [1.29, 1.82) is 0 Å². The highest BCUT2D eigenvalue weighted by molar-refractivity contribution is 5.84. The molecule has 0 saturated heterocycles. The minimum atomic E-state index is -0.496. The molecule has 1 aromatic heterocycles. The maximum atomic E-state index is 12.3. The molecule has 0 radical (unpaired) electrons. The molecule has 0 unspecified atom stereocenters. The standard InChI is InChI=1S/C19H18N4O3/c1-13-19(26)23(16-10-6-5-9-15(16)20-13)12-18(25)22-21-17(24)11-14-7-3-2-4-8-14/h2-10H,11-12H2,1H3,(H,21,24)(H,22,25). The second-order valence-electron chi connectivity index (χ2n) is 5.84. The van der Waals surface area contributed by atoms with Crippen LogP contribution in [0.5, 0.6) is 0 Å². The Morgan fingerprint density at radius 2 is 1.62 bits per heavy atom. The molecule has 0 aliphatic heterocycles. The second-order valence-corrected chi connectivity index (χ2v) is 5.84. The third-order valence-electron chi connectivity index (χ3n) is 3.87. The molecule has 2 amide bonds. The number of aromatic nitrogens is 2. The second kappa shape index (κ2) is 7.60. The minimum absolute atomic E-state index is 0.151. The summed E-state index contributed by atoms with van der Waals surface area (Å²) in [6.45, 7) is 1.39. The molecule has 3 rings (SSSR count). The van der Waals surface area contributed by atoms with Gasteiger partial charge in [-0.2, -0.15) is 0 Å². The molecule has 7 nitrogen and oxygen atoms in total. The van der Waals surface area contributed by atoms with Gasteiger partial charge in [-0.1, -0.05) is 42.5 Å². The number of rotatable bonds is 4. The Bertz CT molecular complexity index is 1010. The maximum absolute atomic E-state index is 12.3. The van der Waals surface area contributed by atoms with Crippen molar-refractivity contribution in [2.45, 2.75) is 19.9 Å². The average molecular weight is 350 g/mol. The highest BCUT2D eigenvalue weighted by Crippen LogP contribution is 2.09. The summed E-state index contributed by atoms with van der Waals surface area (Å²) in [5, 5.41) is 0. The van der Waals surface area contributed by atoms with Gasteiger partial charge in [0.15, 0.2) is 0 Å². The number of amides is 2. The summed E-state index contributed by atoms with van der Waals surface area (Å²) in [7, 11) is 0. The number of hydrogen-bond acceptors (Lipinski definition) is 4. The third-order valence-corrected chi connectivity index (χ3v) is 3.87. The van der Waals surface area contributed by atoms with Gasteiger partial charge >= 0.3 is 0 Å². The van der Waals surface area contributed by atoms with Crippen LogP contribution >= 0.6 is 0 Å². The van der Waals surface area contributed by atoms with Crippen LogP contribution in [0.25, 0.3) is 11.0 Å². The number of nitrogens with one attached hydrogen (secondary N) is 2. The molecule has 2 N–H and O–H groups in total. The first-order valence-electron chi connectivity index (χ1n) is 8.12. The largest absolute Gasteiger partial charge is 0.296 e. The van der Waals surface area contributed by atoms with Crippen LogP contribution in [0.1, 0.15) is 11.3 Å². The molecule has 1 heterocycles. The normalized spacial score (nSPS) is 10.5. The van der Waals surface area contributed by atoms with Crippen LogP contribution in [-0.2, 0) is 22.6 Å². The lowest BCUT2D eigenvalue weighted by Crippen LogP contribution is -2.45. The van der Waals surface area contributed by atoms with E-state index in [0.29, 0.717) is 16.7 Å². The van der Waals surface area contributed by atoms with Gasteiger partial charge in [0.1, 0.15) is 12.2 Å². The zero-order valence-electron chi connectivity index (χ0n) is 14.2. The Morgan fingerprint density at radius 1 is 0.962 bits per heavy atom. The van der Waals surface area contributed by atoms with Crippen LogP contribution in [0, 0.1) is 6.92 Å². The van der Waals surface area contributed by atoms with E-state index in [2.05, 4.69) is 15.8 Å². The summed E-state index contributed by atoms with van der Waals surface area (Å²) in [6.07, 6.45) is 0.151. The first-order chi connectivity index (χ1) is 12.5. The Kier molecular flexibility index (Phi) is 5.07. The number of hydrazine groups is 1. The lowest BCUT2D eigenvalue weighted by molar-refractivity contribution is -0.128. The zero-order valence-corrected chi connectivity index (χ0v) is 14.2. The van der Waals surface area contributed by atoms with E-state index in [1.165, 1.54) is 4.57 Å². The van der Waals surface area contributed by atoms with Gasteiger partial charge in [-0.05, 0) is 24.6 Å². The molecule has 26 heavy (non-hydrogen) atoms. The van der Waals surface area contributed by atoms with Gasteiger partial charge in [0.25, 0.3) is 11.5 Å². The van der Waals surface area contributed by atoms with Gasteiger partial charge in [-0.25, -0.2) is 4.98 Å². The SMILES string of the molecule is Cc1nc2ccccc2n(CC(=O)NNC(=O)Cc2ccccc2)c1=O. The number of carbonyl (C=O) groups excluding carboxylic acids is 2. The molecule has 7 heteroatoms. The van der Waals surface area contributed by atoms with E-state index in [4.69, 9.17) is 0 Å². The molecule has 0 aliphatic rings. The predicted molar refractivity (Wildman–Crippen MR) is 97.2 cm³/mol. The Morgan fingerprint density at radius 3 is 2.38 bits per heavy atom. The fraction of sp³-hybridized carbons (Fsp3) is 0.158. The third kappa shape index (κ3) is 3.94. The Balaban J connectivity index is 1.67. The Labute approximate surface area is 149 Å². The number of hydrogen-bond donors (Lipinski definition) is 2. The number of nitrogens with zero attached hydrogens (tertiary/aromatic N) is 2. The lowest BCUT2D eigenvalue weighted by atomic mass is 10.1. The van der Waals surface area contributed by atoms with E-state index >= 15 is 0 Å². The lowest BCUT2D eigenvalue weighted by Gasteiger charge is -2.12. The summed E-state index contributed by atoms with van der Waals surface area (Å²) in [6, 6.07) is 16.3. The van der Waals surface area contributed by atoms with E-state index in [1.807, 2.05) is 36.4 Å². The molecule has 3 aromatic rings. The van der Waals surface area contributed by atoms with Crippen LogP contribution in [0.4, 0.5) is 0 Å². The van der Waals surface area contributed by atoms with Gasteiger partial charge in [-0.3, -0.25) is 29.8 Å². The van der Waals surface area contributed by atoms with Gasteiger partial charge in [0.05, 0.1) is 17.5 Å². The molecule has 0 aliphatic carbocycles. The van der Waals surface area contributed by atoms with E-state index in [1.54, 1.807) is 25.1 Å². The predicted octanol–water partition coefficient (Wildman–Crippen LogP) is 1.10. The van der Waals surface area contributed by atoms with Crippen molar-refractivity contribution in [2.75, 3.05) is 0 Å². The van der Waals surface area contributed by atoms with Crippen LogP contribution in [0.3, 0.4) is 0 Å². The van der Waals surface area contributed by atoms with E-state index < -0.39 is 5.91 Å². The molecule has 0 bridgehead atoms. The average Bonchev–Trinajstić information content (AvgIpc) is 2.64. The Hall–Kier alpha value is -3.48. The van der Waals surface area contributed by atoms with Crippen molar-refractivity contribution >= 4 is 22.8 Å². The molecule has 0 atom stereocenters. The van der Waals surface area contributed by atoms with E-state index in [9.17, 15) is 14.4 Å². The fourth-order valence-corrected chi connectivity index (χ4v) is 2.63. The van der Waals surface area contributed by atoms with Gasteiger partial charge < -0.3 is 0 Å². The molecule has 132 valence electrons. The number of aryl methyl sites for hydroxylation is 1. The summed E-state index contributed by atoms with van der Waals surface area (Å²) in [4.78, 5) is 40.6. The molecule has 0 fully saturated rings. The van der Waals surface area contributed by atoms with Crippen molar-refractivity contribution in [3.05, 3.63) is 76.2 Å². The first-order valence-corrected chi connectivity index (χ1v) is 8.12. The van der Waals surface area contributed by atoms with Crippen LogP contribution in [0.2, 0.25) is 0 Å². The van der Waals surface area contributed by atoms with Gasteiger partial charge in [-0.15, -0.1) is 0 Å². The molecule has 0 spiro atoms. The van der Waals surface area contributed by atoms with Gasteiger partial charge in [0, 0.05) is 0 Å². The monoisotopic (exact) mass is 350 g/mol. The maximum Gasteiger partial charge on any atom is 0.272 e. The van der Waals surface area contributed by atoms with Crippen molar-refractivity contribution < 1.29 is 9.59 Å². The first kappa shape index (κ1) is 17.3. The molecular formula is C19H18N4O3. The highest BCUT2D eigenvalue weighted by atomic mass is 16.2. The van der Waals surface area contributed by atoms with Crippen molar-refractivity contribution in [2.24, 2.45) is 0 Å². The summed E-state index contributed by atoms with van der Waals surface area (Å²) in [5.74, 6) is -0.836. The number of carbonyl (C=O) groups is 2. The number of fused-ring (bicyclic) bond motifs is 1. The highest BCUT2D eigenvalue weighted by Gasteiger charge is 2.12. The number of benzene rings is 2. The number of para-hydroxylation sites is 2. The van der Waals surface area contributed by atoms with Crippen molar-refractivity contribution in [3.8, 4) is 0 Å². The smallest absolute Gasteiger partial charge is 0.272 e. The van der Waals surface area contributed by atoms with Crippen molar-refractivity contribution in [1.82, 2.24) is 20.4 Å². The van der Waals surface area contributed by atoms with Crippen LogP contribution < -0.4 is 16.4 Å². The van der Waals surface area contributed by atoms with Gasteiger partial charge in [0.2, 0.25) is 5.91 Å². The van der Waals surface area contributed by atoms with Crippen molar-refractivity contribution in [3.63, 3.8) is 0 Å². The summed E-state index contributed by atoms with van der Waals surface area (Å²) in [5.41, 5.74) is 6.71. The quantitative estimate of drug-likeness (QED) is 0.689. The summed E-state index contributed by atoms with van der Waals surface area (Å²) >= 11 is 0. The van der Waals surface area contributed by atoms with E-state index in [0.717, 1.165) is 5.56 Å². The molecule has 2 aromatic carbocycles. The zero-order chi connectivity index (χ0) is 18.5.